The first-order valence-electron chi connectivity index (χ1n) is 12.6. The Labute approximate surface area is 210 Å². The van der Waals surface area contributed by atoms with E-state index in [-0.39, 0.29) is 17.4 Å². The Balaban J connectivity index is 1.30. The quantitative estimate of drug-likeness (QED) is 0.387. The maximum atomic E-state index is 13.6. The molecule has 2 aromatic heterocycles. The van der Waals surface area contributed by atoms with Crippen LogP contribution < -0.4 is 15.8 Å². The number of hydrogen-bond acceptors (Lipinski definition) is 5. The number of nitrogens with zero attached hydrogens (tertiary/aromatic N) is 4. The summed E-state index contributed by atoms with van der Waals surface area (Å²) in [4.78, 5) is 37.7. The number of pyridine rings is 1. The molecule has 1 N–H and O–H groups in total. The molecule has 0 bridgehead atoms. The number of carbonyl (C=O) groups excluding carboxylic acids is 1. The second kappa shape index (κ2) is 11.2. The topological polar surface area (TPSA) is 80.1 Å². The smallest absolute Gasteiger partial charge is 0.295 e. The van der Waals surface area contributed by atoms with Crippen LogP contribution in [-0.2, 0) is 17.8 Å². The highest BCUT2D eigenvalue weighted by Crippen LogP contribution is 2.22. The van der Waals surface area contributed by atoms with Gasteiger partial charge in [0.25, 0.3) is 5.56 Å². The predicted octanol–water partition coefficient (Wildman–Crippen LogP) is 3.81. The molecule has 4 aromatic rings. The zero-order chi connectivity index (χ0) is 24.7. The number of hydrogen-bond donors (Lipinski definition) is 1. The highest BCUT2D eigenvalue weighted by atomic mass is 16.2. The van der Waals surface area contributed by atoms with E-state index in [1.165, 1.54) is 5.56 Å². The number of piperidine rings is 1. The van der Waals surface area contributed by atoms with Crippen LogP contribution >= 0.6 is 0 Å². The number of aromatic nitrogens is 3. The summed E-state index contributed by atoms with van der Waals surface area (Å²) >= 11 is 0. The molecule has 0 spiro atoms. The molecule has 1 atom stereocenters. The van der Waals surface area contributed by atoms with Crippen LogP contribution in [0.1, 0.15) is 30.4 Å². The maximum absolute atomic E-state index is 13.6. The molecule has 0 radical (unpaired) electrons. The van der Waals surface area contributed by atoms with E-state index < -0.39 is 0 Å². The Morgan fingerprint density at radius 3 is 2.50 bits per heavy atom. The van der Waals surface area contributed by atoms with E-state index in [0.717, 1.165) is 31.2 Å². The molecule has 3 heterocycles. The highest BCUT2D eigenvalue weighted by Gasteiger charge is 2.28. The summed E-state index contributed by atoms with van der Waals surface area (Å²) in [6.07, 6.45) is 5.18. The second-order valence-electron chi connectivity index (χ2n) is 9.32. The maximum Gasteiger partial charge on any atom is 0.295 e. The molecule has 7 nitrogen and oxygen atoms in total. The molecule has 1 fully saturated rings. The van der Waals surface area contributed by atoms with E-state index >= 15 is 0 Å². The van der Waals surface area contributed by atoms with Gasteiger partial charge in [-0.3, -0.25) is 14.2 Å². The largest absolute Gasteiger partial charge is 0.356 e. The van der Waals surface area contributed by atoms with Crippen molar-refractivity contribution in [3.05, 3.63) is 100 Å². The number of carbonyl (C=O) groups is 1. The van der Waals surface area contributed by atoms with E-state index in [9.17, 15) is 9.59 Å². The van der Waals surface area contributed by atoms with Crippen molar-refractivity contribution in [1.29, 1.82) is 0 Å². The van der Waals surface area contributed by atoms with Crippen LogP contribution in [-0.4, -0.2) is 40.1 Å². The number of nitrogens with one attached hydrogen (secondary N) is 1. The summed E-state index contributed by atoms with van der Waals surface area (Å²) in [5.74, 6) is 0.289. The van der Waals surface area contributed by atoms with E-state index in [1.54, 1.807) is 10.8 Å². The summed E-state index contributed by atoms with van der Waals surface area (Å²) in [7, 11) is 0. The lowest BCUT2D eigenvalue weighted by atomic mass is 9.97. The van der Waals surface area contributed by atoms with E-state index in [0.29, 0.717) is 43.2 Å². The fourth-order valence-electron chi connectivity index (χ4n) is 4.86. The van der Waals surface area contributed by atoms with E-state index in [2.05, 4.69) is 22.4 Å². The average Bonchev–Trinajstić information content (AvgIpc) is 2.93. The average molecular weight is 482 g/mol. The first-order valence-corrected chi connectivity index (χ1v) is 12.6. The Hall–Kier alpha value is -4.00. The number of fused-ring (bicyclic) bond motifs is 1. The third-order valence-electron chi connectivity index (χ3n) is 6.74. The third-order valence-corrected chi connectivity index (χ3v) is 6.74. The molecule has 1 amide bonds. The van der Waals surface area contributed by atoms with Crippen LogP contribution in [0.3, 0.4) is 0 Å². The molecule has 7 heteroatoms. The van der Waals surface area contributed by atoms with Crippen LogP contribution in [0, 0.1) is 5.92 Å². The van der Waals surface area contributed by atoms with Gasteiger partial charge in [0.2, 0.25) is 5.91 Å². The molecule has 0 saturated carbocycles. The van der Waals surface area contributed by atoms with Gasteiger partial charge < -0.3 is 10.2 Å². The van der Waals surface area contributed by atoms with Gasteiger partial charge in [-0.15, -0.1) is 0 Å². The number of anilines is 1. The number of benzene rings is 2. The number of aryl methyl sites for hydroxylation is 1. The van der Waals surface area contributed by atoms with Gasteiger partial charge in [0.05, 0.1) is 12.5 Å². The van der Waals surface area contributed by atoms with Crippen LogP contribution in [0.25, 0.3) is 11.2 Å². The van der Waals surface area contributed by atoms with E-state index in [1.807, 2.05) is 65.6 Å². The van der Waals surface area contributed by atoms with Crippen LogP contribution in [0.5, 0.6) is 0 Å². The molecule has 1 aliphatic rings. The van der Waals surface area contributed by atoms with Gasteiger partial charge in [0.1, 0.15) is 5.52 Å². The molecule has 1 aliphatic heterocycles. The monoisotopic (exact) mass is 481 g/mol. The minimum atomic E-state index is -0.172. The SMILES string of the molecule is O=C(NCCCc1ccccc1)C1CCCN(c2nc3cccnc3n(Cc3ccccc3)c2=O)C1. The van der Waals surface area contributed by atoms with Gasteiger partial charge in [0, 0.05) is 25.8 Å². The number of rotatable bonds is 8. The van der Waals surface area contributed by atoms with Crippen molar-refractivity contribution >= 4 is 22.9 Å². The molecular formula is C29H31N5O2. The third kappa shape index (κ3) is 5.46. The zero-order valence-corrected chi connectivity index (χ0v) is 20.3. The van der Waals surface area contributed by atoms with Gasteiger partial charge in [-0.2, -0.15) is 0 Å². The Bertz CT molecular complexity index is 1370. The molecule has 0 aliphatic carbocycles. The predicted molar refractivity (Wildman–Crippen MR) is 142 cm³/mol. The summed E-state index contributed by atoms with van der Waals surface area (Å²) in [5, 5.41) is 3.10. The van der Waals surface area contributed by atoms with Gasteiger partial charge in [-0.1, -0.05) is 60.7 Å². The van der Waals surface area contributed by atoms with Crippen molar-refractivity contribution in [2.24, 2.45) is 5.92 Å². The first kappa shape index (κ1) is 23.7. The normalized spacial score (nSPS) is 15.7. The van der Waals surface area contributed by atoms with Crippen molar-refractivity contribution in [3.8, 4) is 0 Å². The highest BCUT2D eigenvalue weighted by molar-refractivity contribution is 5.79. The van der Waals surface area contributed by atoms with Crippen molar-refractivity contribution in [3.63, 3.8) is 0 Å². The summed E-state index contributed by atoms with van der Waals surface area (Å²) in [6.45, 7) is 2.26. The van der Waals surface area contributed by atoms with Crippen LogP contribution in [0.2, 0.25) is 0 Å². The van der Waals surface area contributed by atoms with Crippen molar-refractivity contribution in [2.45, 2.75) is 32.2 Å². The van der Waals surface area contributed by atoms with Crippen molar-refractivity contribution < 1.29 is 4.79 Å². The fourth-order valence-corrected chi connectivity index (χ4v) is 4.86. The van der Waals surface area contributed by atoms with E-state index in [4.69, 9.17) is 4.98 Å². The Morgan fingerprint density at radius 2 is 1.72 bits per heavy atom. The lowest BCUT2D eigenvalue weighted by Crippen LogP contribution is -2.46. The second-order valence-corrected chi connectivity index (χ2v) is 9.32. The Morgan fingerprint density at radius 1 is 0.972 bits per heavy atom. The Kier molecular flexibility index (Phi) is 7.36. The summed E-state index contributed by atoms with van der Waals surface area (Å²) in [6, 6.07) is 23.9. The summed E-state index contributed by atoms with van der Waals surface area (Å²) in [5.41, 5.74) is 3.37. The molecule has 1 unspecified atom stereocenters. The molecule has 184 valence electrons. The minimum absolute atomic E-state index is 0.0554. The minimum Gasteiger partial charge on any atom is -0.356 e. The number of amides is 1. The molecular weight excluding hydrogens is 450 g/mol. The molecule has 5 rings (SSSR count). The summed E-state index contributed by atoms with van der Waals surface area (Å²) < 4.78 is 1.69. The lowest BCUT2D eigenvalue weighted by Gasteiger charge is -2.32. The fraction of sp³-hybridized carbons (Fsp3) is 0.310. The van der Waals surface area contributed by atoms with Gasteiger partial charge in [-0.05, 0) is 48.9 Å². The van der Waals surface area contributed by atoms with Crippen molar-refractivity contribution in [1.82, 2.24) is 19.9 Å². The van der Waals surface area contributed by atoms with Gasteiger partial charge in [0.15, 0.2) is 11.5 Å². The molecule has 2 aromatic carbocycles. The standard InChI is InChI=1S/C29H31N5O2/c35-28(31-18-7-14-22-10-3-1-4-11-22)24-15-9-19-33(21-24)27-29(36)34(20-23-12-5-2-6-13-23)26-25(32-27)16-8-17-30-26/h1-6,8,10-13,16-17,24H,7,9,14-15,18-21H2,(H,31,35). The van der Waals surface area contributed by atoms with Crippen LogP contribution in [0.15, 0.2) is 83.8 Å². The van der Waals surface area contributed by atoms with Gasteiger partial charge >= 0.3 is 0 Å². The zero-order valence-electron chi connectivity index (χ0n) is 20.3. The van der Waals surface area contributed by atoms with Crippen molar-refractivity contribution in [2.75, 3.05) is 24.5 Å². The van der Waals surface area contributed by atoms with Gasteiger partial charge in [-0.25, -0.2) is 9.97 Å². The lowest BCUT2D eigenvalue weighted by molar-refractivity contribution is -0.125. The molecule has 36 heavy (non-hydrogen) atoms. The first-order chi connectivity index (χ1) is 17.7. The molecule has 1 saturated heterocycles. The van der Waals surface area contributed by atoms with Crippen LogP contribution in [0.4, 0.5) is 5.82 Å².